The first-order chi connectivity index (χ1) is 8.29. The first kappa shape index (κ1) is 12.6. The number of nitrogens with one attached hydrogen (secondary N) is 1. The number of benzene rings is 1. The zero-order valence-corrected chi connectivity index (χ0v) is 10.3. The molecule has 0 spiro atoms. The van der Waals surface area contributed by atoms with Gasteiger partial charge in [-0.25, -0.2) is 0 Å². The van der Waals surface area contributed by atoms with Crippen molar-refractivity contribution in [1.29, 1.82) is 0 Å². The summed E-state index contributed by atoms with van der Waals surface area (Å²) in [5, 5.41) is 12.8. The van der Waals surface area contributed by atoms with E-state index in [4.69, 9.17) is 4.74 Å². The van der Waals surface area contributed by atoms with Gasteiger partial charge in [0, 0.05) is 6.54 Å². The Morgan fingerprint density at radius 1 is 1.35 bits per heavy atom. The molecular formula is C14H21NO2. The molecule has 3 nitrogen and oxygen atoms in total. The fraction of sp³-hybridized carbons (Fsp3) is 0.571. The van der Waals surface area contributed by atoms with Gasteiger partial charge in [0.1, 0.15) is 0 Å². The smallest absolute Gasteiger partial charge is 0.0704 e. The summed E-state index contributed by atoms with van der Waals surface area (Å²) in [7, 11) is 0. The van der Waals surface area contributed by atoms with E-state index in [-0.39, 0.29) is 12.6 Å². The SMILES string of the molecule is CC1CCC(CNC(CO)c2ccccc2)O1. The van der Waals surface area contributed by atoms with Gasteiger partial charge in [-0.3, -0.25) is 0 Å². The van der Waals surface area contributed by atoms with Crippen molar-refractivity contribution in [1.82, 2.24) is 5.32 Å². The number of hydrogen-bond acceptors (Lipinski definition) is 3. The summed E-state index contributed by atoms with van der Waals surface area (Å²) < 4.78 is 5.75. The van der Waals surface area contributed by atoms with Crippen LogP contribution in [0.2, 0.25) is 0 Å². The fourth-order valence-corrected chi connectivity index (χ4v) is 2.28. The van der Waals surface area contributed by atoms with Crippen LogP contribution in [0.1, 0.15) is 31.4 Å². The van der Waals surface area contributed by atoms with Crippen LogP contribution in [0.5, 0.6) is 0 Å². The molecule has 0 aliphatic carbocycles. The van der Waals surface area contributed by atoms with E-state index in [1.54, 1.807) is 0 Å². The minimum Gasteiger partial charge on any atom is -0.394 e. The third-order valence-electron chi connectivity index (χ3n) is 3.30. The average Bonchev–Trinajstić information content (AvgIpc) is 2.77. The minimum atomic E-state index is 0.00991. The predicted molar refractivity (Wildman–Crippen MR) is 67.8 cm³/mol. The molecule has 0 radical (unpaired) electrons. The molecule has 17 heavy (non-hydrogen) atoms. The molecule has 2 rings (SSSR count). The van der Waals surface area contributed by atoms with Crippen molar-refractivity contribution in [2.45, 2.75) is 38.0 Å². The Hall–Kier alpha value is -0.900. The molecule has 0 saturated carbocycles. The van der Waals surface area contributed by atoms with Crippen LogP contribution >= 0.6 is 0 Å². The predicted octanol–water partition coefficient (Wildman–Crippen LogP) is 1.88. The van der Waals surface area contributed by atoms with Crippen LogP contribution in [-0.2, 0) is 4.74 Å². The lowest BCUT2D eigenvalue weighted by Gasteiger charge is -2.19. The highest BCUT2D eigenvalue weighted by Crippen LogP contribution is 2.19. The van der Waals surface area contributed by atoms with Crippen LogP contribution in [0.25, 0.3) is 0 Å². The van der Waals surface area contributed by atoms with Crippen LogP contribution in [-0.4, -0.2) is 30.5 Å². The maximum Gasteiger partial charge on any atom is 0.0704 e. The summed E-state index contributed by atoms with van der Waals surface area (Å²) >= 11 is 0. The Morgan fingerprint density at radius 2 is 2.12 bits per heavy atom. The molecule has 94 valence electrons. The zero-order chi connectivity index (χ0) is 12.1. The molecule has 1 fully saturated rings. The lowest BCUT2D eigenvalue weighted by Crippen LogP contribution is -2.32. The van der Waals surface area contributed by atoms with Crippen LogP contribution in [0.3, 0.4) is 0 Å². The third kappa shape index (κ3) is 3.53. The van der Waals surface area contributed by atoms with Crippen LogP contribution in [0.15, 0.2) is 30.3 Å². The summed E-state index contributed by atoms with van der Waals surface area (Å²) in [5.41, 5.74) is 1.13. The molecule has 1 saturated heterocycles. The van der Waals surface area contributed by atoms with Gasteiger partial charge in [-0.15, -0.1) is 0 Å². The van der Waals surface area contributed by atoms with Crippen molar-refractivity contribution in [3.05, 3.63) is 35.9 Å². The average molecular weight is 235 g/mol. The van der Waals surface area contributed by atoms with Gasteiger partial charge in [0.05, 0.1) is 24.9 Å². The number of aliphatic hydroxyl groups is 1. The molecule has 1 aliphatic rings. The molecule has 1 aliphatic heterocycles. The van der Waals surface area contributed by atoms with E-state index in [0.29, 0.717) is 12.2 Å². The number of rotatable bonds is 5. The van der Waals surface area contributed by atoms with Crippen molar-refractivity contribution in [3.8, 4) is 0 Å². The fourth-order valence-electron chi connectivity index (χ4n) is 2.28. The Bertz CT molecular complexity index is 328. The Labute approximate surface area is 103 Å². The second kappa shape index (κ2) is 6.15. The molecule has 1 aromatic rings. The summed E-state index contributed by atoms with van der Waals surface area (Å²) in [6.45, 7) is 3.04. The van der Waals surface area contributed by atoms with Gasteiger partial charge < -0.3 is 15.2 Å². The highest BCUT2D eigenvalue weighted by Gasteiger charge is 2.22. The largest absolute Gasteiger partial charge is 0.394 e. The highest BCUT2D eigenvalue weighted by molar-refractivity contribution is 5.18. The van der Waals surface area contributed by atoms with Gasteiger partial charge in [0.2, 0.25) is 0 Å². The van der Waals surface area contributed by atoms with E-state index in [1.165, 1.54) is 0 Å². The Morgan fingerprint density at radius 3 is 2.71 bits per heavy atom. The number of aliphatic hydroxyl groups excluding tert-OH is 1. The molecule has 0 bridgehead atoms. The first-order valence-electron chi connectivity index (χ1n) is 6.34. The molecule has 1 heterocycles. The molecule has 0 aromatic heterocycles. The second-order valence-electron chi connectivity index (χ2n) is 4.70. The van der Waals surface area contributed by atoms with Crippen LogP contribution in [0, 0.1) is 0 Å². The van der Waals surface area contributed by atoms with Crippen molar-refractivity contribution in [2.24, 2.45) is 0 Å². The summed E-state index contributed by atoms with van der Waals surface area (Å²) in [4.78, 5) is 0. The van der Waals surface area contributed by atoms with E-state index < -0.39 is 0 Å². The van der Waals surface area contributed by atoms with Gasteiger partial charge in [0.15, 0.2) is 0 Å². The number of hydrogen-bond donors (Lipinski definition) is 2. The van der Waals surface area contributed by atoms with E-state index in [9.17, 15) is 5.11 Å². The third-order valence-corrected chi connectivity index (χ3v) is 3.30. The van der Waals surface area contributed by atoms with Gasteiger partial charge in [-0.2, -0.15) is 0 Å². The van der Waals surface area contributed by atoms with Crippen molar-refractivity contribution >= 4 is 0 Å². The van der Waals surface area contributed by atoms with Gasteiger partial charge >= 0.3 is 0 Å². The van der Waals surface area contributed by atoms with Crippen molar-refractivity contribution in [3.63, 3.8) is 0 Å². The molecule has 3 heteroatoms. The zero-order valence-electron chi connectivity index (χ0n) is 10.3. The van der Waals surface area contributed by atoms with Gasteiger partial charge in [-0.1, -0.05) is 30.3 Å². The summed E-state index contributed by atoms with van der Waals surface area (Å²) in [6.07, 6.45) is 2.93. The molecule has 3 atom stereocenters. The number of ether oxygens (including phenoxy) is 1. The molecule has 0 amide bonds. The summed E-state index contributed by atoms with van der Waals surface area (Å²) in [5.74, 6) is 0. The van der Waals surface area contributed by atoms with Gasteiger partial charge in [0.25, 0.3) is 0 Å². The van der Waals surface area contributed by atoms with Gasteiger partial charge in [-0.05, 0) is 25.3 Å². The second-order valence-corrected chi connectivity index (χ2v) is 4.70. The van der Waals surface area contributed by atoms with Crippen LogP contribution in [0.4, 0.5) is 0 Å². The van der Waals surface area contributed by atoms with Crippen molar-refractivity contribution < 1.29 is 9.84 Å². The lowest BCUT2D eigenvalue weighted by molar-refractivity contribution is 0.0527. The standard InChI is InChI=1S/C14H21NO2/c1-11-7-8-13(17-11)9-15-14(10-16)12-5-3-2-4-6-12/h2-6,11,13-16H,7-10H2,1H3. The highest BCUT2D eigenvalue weighted by atomic mass is 16.5. The maximum absolute atomic E-state index is 9.40. The van der Waals surface area contributed by atoms with Crippen molar-refractivity contribution in [2.75, 3.05) is 13.2 Å². The molecule has 1 aromatic carbocycles. The quantitative estimate of drug-likeness (QED) is 0.818. The van der Waals surface area contributed by atoms with Crippen LogP contribution < -0.4 is 5.32 Å². The molecule has 2 N–H and O–H groups in total. The monoisotopic (exact) mass is 235 g/mol. The molecular weight excluding hydrogens is 214 g/mol. The van der Waals surface area contributed by atoms with E-state index in [1.807, 2.05) is 30.3 Å². The normalized spacial score (nSPS) is 26.0. The Kier molecular flexibility index (Phi) is 4.54. The molecule has 3 unspecified atom stereocenters. The maximum atomic E-state index is 9.40. The topological polar surface area (TPSA) is 41.5 Å². The van der Waals surface area contributed by atoms with E-state index >= 15 is 0 Å². The summed E-state index contributed by atoms with van der Waals surface area (Å²) in [6, 6.07) is 10.1. The van der Waals surface area contributed by atoms with E-state index in [2.05, 4.69) is 12.2 Å². The lowest BCUT2D eigenvalue weighted by atomic mass is 10.1. The first-order valence-corrected chi connectivity index (χ1v) is 6.34. The van der Waals surface area contributed by atoms with E-state index in [0.717, 1.165) is 24.9 Å². The Balaban J connectivity index is 1.84. The minimum absolute atomic E-state index is 0.00991.